The number of aromatic hydroxyl groups is 1. The molecule has 0 radical (unpaired) electrons. The summed E-state index contributed by atoms with van der Waals surface area (Å²) in [6.07, 6.45) is 1.84. The minimum Gasteiger partial charge on any atom is -0.512 e. The maximum absolute atomic E-state index is 13.6. The van der Waals surface area contributed by atoms with Crippen LogP contribution in [0.2, 0.25) is 5.02 Å². The molecule has 5 rings (SSSR count). The zero-order valence-corrected chi connectivity index (χ0v) is 20.5. The van der Waals surface area contributed by atoms with Gasteiger partial charge in [0, 0.05) is 55.3 Å². The summed E-state index contributed by atoms with van der Waals surface area (Å²) in [5.74, 6) is -3.42. The van der Waals surface area contributed by atoms with Crippen LogP contribution in [0.5, 0.6) is 5.75 Å². The number of rotatable bonds is 3. The number of hydrogen-bond donors (Lipinski definition) is 5. The SMILES string of the molecule is NC(=O)C1=C(O)C[C@@H]2CC3Cc4c(Cl)c(CN5CCCC(=O)CC5)cc(O)c4C(=O)C3=C(O)[C@]2(O)C1. The number of halogens is 1. The number of carbonyl (C=O) groups excluding carboxylic acids is 3. The fraction of sp³-hybridized carbons (Fsp3) is 0.500. The molecule has 3 atom stereocenters. The first-order chi connectivity index (χ1) is 17.0. The minimum atomic E-state index is -1.92. The van der Waals surface area contributed by atoms with Gasteiger partial charge >= 0.3 is 0 Å². The molecule has 192 valence electrons. The summed E-state index contributed by atoms with van der Waals surface area (Å²) in [6, 6.07) is 1.45. The number of likely N-dealkylation sites (tertiary alicyclic amines) is 1. The van der Waals surface area contributed by atoms with Crippen molar-refractivity contribution in [3.8, 4) is 5.75 Å². The van der Waals surface area contributed by atoms with E-state index in [1.165, 1.54) is 6.07 Å². The molecule has 10 heteroatoms. The standard InChI is InChI=1S/C26H29ClN2O7/c27-22-13(11-29-4-1-2-15(30)3-5-29)8-19(32)21-16(22)7-12-6-14-9-18(31)17(25(28)35)10-26(14,36)24(34)20(12)23(21)33/h8,12,14,31-32,34,36H,1-7,9-11H2,(H2,28,35)/t12?,14-,26-/m0/s1. The molecule has 3 aliphatic carbocycles. The number of Topliss-reactive ketones (excluding diaryl/α,β-unsaturated/α-hetero) is 2. The molecule has 1 aromatic carbocycles. The van der Waals surface area contributed by atoms with E-state index in [0.29, 0.717) is 42.1 Å². The van der Waals surface area contributed by atoms with E-state index in [0.717, 1.165) is 13.0 Å². The second kappa shape index (κ2) is 8.90. The average molecular weight is 517 g/mol. The molecule has 1 amide bonds. The van der Waals surface area contributed by atoms with E-state index in [2.05, 4.69) is 4.90 Å². The van der Waals surface area contributed by atoms with Gasteiger partial charge in [-0.15, -0.1) is 0 Å². The Morgan fingerprint density at radius 2 is 1.92 bits per heavy atom. The van der Waals surface area contributed by atoms with Crippen molar-refractivity contribution >= 4 is 29.1 Å². The van der Waals surface area contributed by atoms with Crippen molar-refractivity contribution in [1.29, 1.82) is 0 Å². The first-order valence-corrected chi connectivity index (χ1v) is 12.6. The van der Waals surface area contributed by atoms with Gasteiger partial charge in [-0.2, -0.15) is 0 Å². The maximum atomic E-state index is 13.6. The number of amides is 1. The maximum Gasteiger partial charge on any atom is 0.248 e. The van der Waals surface area contributed by atoms with Crippen LogP contribution in [-0.4, -0.2) is 61.5 Å². The van der Waals surface area contributed by atoms with Gasteiger partial charge in [-0.25, -0.2) is 0 Å². The molecule has 1 heterocycles. The lowest BCUT2D eigenvalue weighted by Gasteiger charge is -2.47. The molecule has 4 aliphatic rings. The molecule has 6 N–H and O–H groups in total. The van der Waals surface area contributed by atoms with Crippen molar-refractivity contribution in [3.63, 3.8) is 0 Å². The summed E-state index contributed by atoms with van der Waals surface area (Å²) in [6.45, 7) is 1.75. The third kappa shape index (κ3) is 3.90. The lowest BCUT2D eigenvalue weighted by atomic mass is 9.60. The van der Waals surface area contributed by atoms with Crippen LogP contribution in [0.1, 0.15) is 60.0 Å². The van der Waals surface area contributed by atoms with E-state index in [4.69, 9.17) is 17.3 Å². The summed E-state index contributed by atoms with van der Waals surface area (Å²) < 4.78 is 0. The summed E-state index contributed by atoms with van der Waals surface area (Å²) in [5.41, 5.74) is 4.39. The molecule has 1 aromatic rings. The van der Waals surface area contributed by atoms with Crippen LogP contribution < -0.4 is 5.73 Å². The molecule has 1 fully saturated rings. The topological polar surface area (TPSA) is 161 Å². The van der Waals surface area contributed by atoms with E-state index in [1.807, 2.05) is 0 Å². The lowest BCUT2D eigenvalue weighted by Crippen LogP contribution is -2.51. The lowest BCUT2D eigenvalue weighted by molar-refractivity contribution is -0.119. The number of benzene rings is 1. The molecular formula is C26H29ClN2O7. The van der Waals surface area contributed by atoms with Crippen molar-refractivity contribution < 1.29 is 34.8 Å². The predicted molar refractivity (Wildman–Crippen MR) is 130 cm³/mol. The number of allylic oxidation sites excluding steroid dienone is 2. The van der Waals surface area contributed by atoms with E-state index in [1.54, 1.807) is 0 Å². The van der Waals surface area contributed by atoms with Crippen LogP contribution in [0, 0.1) is 11.8 Å². The van der Waals surface area contributed by atoms with E-state index >= 15 is 0 Å². The van der Waals surface area contributed by atoms with E-state index < -0.39 is 41.3 Å². The van der Waals surface area contributed by atoms with Crippen molar-refractivity contribution in [1.82, 2.24) is 4.90 Å². The third-order valence-corrected chi connectivity index (χ3v) is 8.69. The van der Waals surface area contributed by atoms with Crippen LogP contribution >= 0.6 is 11.6 Å². The fourth-order valence-corrected chi connectivity index (χ4v) is 6.60. The number of fused-ring (bicyclic) bond motifs is 3. The van der Waals surface area contributed by atoms with E-state index in [-0.39, 0.29) is 53.3 Å². The molecule has 9 nitrogen and oxygen atoms in total. The fourth-order valence-electron chi connectivity index (χ4n) is 6.31. The number of phenols is 1. The Morgan fingerprint density at radius 1 is 1.17 bits per heavy atom. The quantitative estimate of drug-likeness (QED) is 0.409. The Morgan fingerprint density at radius 3 is 2.64 bits per heavy atom. The van der Waals surface area contributed by atoms with Crippen LogP contribution in [0.15, 0.2) is 28.7 Å². The highest BCUT2D eigenvalue weighted by atomic mass is 35.5. The molecule has 0 aromatic heterocycles. The number of hydrogen-bond acceptors (Lipinski definition) is 8. The number of nitrogens with zero attached hydrogens (tertiary/aromatic N) is 1. The molecule has 1 unspecified atom stereocenters. The van der Waals surface area contributed by atoms with Gasteiger partial charge in [-0.05, 0) is 48.9 Å². The second-order valence-electron chi connectivity index (χ2n) is 10.4. The number of carbonyl (C=O) groups is 3. The van der Waals surface area contributed by atoms with Crippen LogP contribution in [0.4, 0.5) is 0 Å². The molecule has 1 saturated heterocycles. The molecule has 0 bridgehead atoms. The van der Waals surface area contributed by atoms with Gasteiger partial charge in [0.05, 0.1) is 11.1 Å². The van der Waals surface area contributed by atoms with Crippen molar-refractivity contribution in [2.75, 3.05) is 13.1 Å². The van der Waals surface area contributed by atoms with Crippen molar-refractivity contribution in [3.05, 3.63) is 50.4 Å². The summed E-state index contributed by atoms with van der Waals surface area (Å²) in [5, 5.41) is 44.0. The number of primary amides is 1. The van der Waals surface area contributed by atoms with E-state index in [9.17, 15) is 34.8 Å². The predicted octanol–water partition coefficient (Wildman–Crippen LogP) is 2.61. The van der Waals surface area contributed by atoms with Gasteiger partial charge < -0.3 is 26.2 Å². The van der Waals surface area contributed by atoms with Crippen molar-refractivity contribution in [2.45, 2.75) is 57.1 Å². The molecule has 1 aliphatic heterocycles. The zero-order chi connectivity index (χ0) is 25.9. The van der Waals surface area contributed by atoms with Crippen LogP contribution in [0.25, 0.3) is 0 Å². The van der Waals surface area contributed by atoms with Gasteiger partial charge in [0.25, 0.3) is 0 Å². The Kier molecular flexibility index (Phi) is 6.13. The Hall–Kier alpha value is -2.88. The number of ketones is 2. The second-order valence-corrected chi connectivity index (χ2v) is 10.8. The Labute approximate surface area is 212 Å². The van der Waals surface area contributed by atoms with Gasteiger partial charge in [-0.3, -0.25) is 19.3 Å². The van der Waals surface area contributed by atoms with Crippen molar-refractivity contribution in [2.24, 2.45) is 17.6 Å². The van der Waals surface area contributed by atoms with Gasteiger partial charge in [-0.1, -0.05) is 11.6 Å². The minimum absolute atomic E-state index is 0.000956. The number of aliphatic hydroxyl groups is 3. The highest BCUT2D eigenvalue weighted by molar-refractivity contribution is 6.33. The molecule has 0 saturated carbocycles. The summed E-state index contributed by atoms with van der Waals surface area (Å²) in [4.78, 5) is 39.2. The van der Waals surface area contributed by atoms with Crippen LogP contribution in [-0.2, 0) is 22.6 Å². The average Bonchev–Trinajstić information content (AvgIpc) is 3.02. The number of aliphatic hydroxyl groups excluding tert-OH is 2. The number of phenolic OH excluding ortho intramolecular Hbond substituents is 1. The van der Waals surface area contributed by atoms with Crippen LogP contribution in [0.3, 0.4) is 0 Å². The number of nitrogens with two attached hydrogens (primary N) is 1. The first-order valence-electron chi connectivity index (χ1n) is 12.2. The third-order valence-electron chi connectivity index (χ3n) is 8.22. The summed E-state index contributed by atoms with van der Waals surface area (Å²) in [7, 11) is 0. The Balaban J connectivity index is 1.51. The Bertz CT molecular complexity index is 1250. The summed E-state index contributed by atoms with van der Waals surface area (Å²) >= 11 is 6.78. The van der Waals surface area contributed by atoms with Gasteiger partial charge in [0.2, 0.25) is 5.91 Å². The molecule has 36 heavy (non-hydrogen) atoms. The monoisotopic (exact) mass is 516 g/mol. The molecule has 0 spiro atoms. The first kappa shape index (κ1) is 24.8. The normalized spacial score (nSPS) is 28.9. The highest BCUT2D eigenvalue weighted by Crippen LogP contribution is 2.53. The smallest absolute Gasteiger partial charge is 0.248 e. The highest BCUT2D eigenvalue weighted by Gasteiger charge is 2.54. The largest absolute Gasteiger partial charge is 0.512 e. The molecular weight excluding hydrogens is 488 g/mol. The van der Waals surface area contributed by atoms with Gasteiger partial charge in [0.15, 0.2) is 5.78 Å². The zero-order valence-electron chi connectivity index (χ0n) is 19.7. The van der Waals surface area contributed by atoms with Gasteiger partial charge in [0.1, 0.15) is 28.7 Å².